The Kier molecular flexibility index (Phi) is 1.65. The molecule has 2 rings (SSSR count). The fraction of sp³-hybridized carbons (Fsp3) is 0.500. The molecular weight excluding hydrogens is 160 g/mol. The van der Waals surface area contributed by atoms with Crippen molar-refractivity contribution in [2.24, 2.45) is 17.3 Å². The minimum Gasteiger partial charge on any atom is -0.379 e. The quantitative estimate of drug-likeness (QED) is 0.474. The third-order valence-corrected chi connectivity index (χ3v) is 3.72. The van der Waals surface area contributed by atoms with Crippen molar-refractivity contribution < 1.29 is 5.11 Å². The Balaban J connectivity index is 2.40. The van der Waals surface area contributed by atoms with E-state index in [9.17, 15) is 5.11 Å². The summed E-state index contributed by atoms with van der Waals surface area (Å²) in [5.74, 6) is 3.25. The van der Waals surface area contributed by atoms with Gasteiger partial charge in [0.2, 0.25) is 0 Å². The third kappa shape index (κ3) is 0.870. The highest BCUT2D eigenvalue weighted by Gasteiger charge is 2.51. The molecule has 1 saturated carbocycles. The lowest BCUT2D eigenvalue weighted by Gasteiger charge is -2.35. The molecule has 0 saturated heterocycles. The highest BCUT2D eigenvalue weighted by Crippen LogP contribution is 2.56. The van der Waals surface area contributed by atoms with Gasteiger partial charge in [-0.3, -0.25) is 0 Å². The van der Waals surface area contributed by atoms with Crippen LogP contribution >= 0.6 is 0 Å². The number of terminal acetylenes is 1. The van der Waals surface area contributed by atoms with Gasteiger partial charge in [0.15, 0.2) is 0 Å². The van der Waals surface area contributed by atoms with Gasteiger partial charge in [0, 0.05) is 5.41 Å². The van der Waals surface area contributed by atoms with Crippen LogP contribution in [0.15, 0.2) is 24.3 Å². The van der Waals surface area contributed by atoms with E-state index in [4.69, 9.17) is 6.42 Å². The molecule has 0 aromatic rings. The van der Waals surface area contributed by atoms with Crippen molar-refractivity contribution in [2.45, 2.75) is 19.4 Å². The lowest BCUT2D eigenvalue weighted by Crippen LogP contribution is -2.36. The molecule has 1 N–H and O–H groups in total. The van der Waals surface area contributed by atoms with Crippen molar-refractivity contribution in [3.8, 4) is 12.3 Å². The molecule has 0 aromatic carbocycles. The summed E-state index contributed by atoms with van der Waals surface area (Å²) in [6.07, 6.45) is 9.99. The standard InChI is InChI=1S/C12H14O/c1-4-11(13)12(3)8(2)9-5-6-10(12)7-9/h1,5-6,9-11,13H,2,7H2,3H3. The molecule has 0 amide bonds. The average molecular weight is 174 g/mol. The molecule has 0 aliphatic heterocycles. The topological polar surface area (TPSA) is 20.2 Å². The van der Waals surface area contributed by atoms with E-state index in [1.165, 1.54) is 0 Å². The zero-order valence-corrected chi connectivity index (χ0v) is 7.83. The minimum absolute atomic E-state index is 0.284. The van der Waals surface area contributed by atoms with Crippen molar-refractivity contribution in [1.82, 2.24) is 0 Å². The summed E-state index contributed by atoms with van der Waals surface area (Å²) in [5, 5.41) is 9.78. The van der Waals surface area contributed by atoms with Crippen LogP contribution in [-0.2, 0) is 0 Å². The van der Waals surface area contributed by atoms with Gasteiger partial charge < -0.3 is 5.11 Å². The molecule has 0 aromatic heterocycles. The van der Waals surface area contributed by atoms with Crippen LogP contribution < -0.4 is 0 Å². The first-order valence-electron chi connectivity index (χ1n) is 4.62. The molecule has 4 unspecified atom stereocenters. The predicted octanol–water partition coefficient (Wildman–Crippen LogP) is 1.75. The maximum Gasteiger partial charge on any atom is 0.124 e. The SMILES string of the molecule is C#CC(O)C1(C)C(=C)C2C=CC1C2. The van der Waals surface area contributed by atoms with E-state index in [0.29, 0.717) is 11.8 Å². The summed E-state index contributed by atoms with van der Waals surface area (Å²) in [4.78, 5) is 0. The maximum atomic E-state index is 9.78. The predicted molar refractivity (Wildman–Crippen MR) is 52.8 cm³/mol. The van der Waals surface area contributed by atoms with Crippen molar-refractivity contribution in [3.05, 3.63) is 24.3 Å². The van der Waals surface area contributed by atoms with Crippen LogP contribution in [0.3, 0.4) is 0 Å². The van der Waals surface area contributed by atoms with E-state index < -0.39 is 6.10 Å². The Bertz CT molecular complexity index is 321. The summed E-state index contributed by atoms with van der Waals surface area (Å²) in [6.45, 7) is 6.07. The van der Waals surface area contributed by atoms with Gasteiger partial charge in [-0.1, -0.05) is 37.1 Å². The Morgan fingerprint density at radius 3 is 2.92 bits per heavy atom. The molecule has 1 nitrogen and oxygen atoms in total. The second kappa shape index (κ2) is 2.49. The maximum absolute atomic E-state index is 9.78. The van der Waals surface area contributed by atoms with Gasteiger partial charge in [0.05, 0.1) is 0 Å². The van der Waals surface area contributed by atoms with E-state index in [2.05, 4.69) is 24.7 Å². The lowest BCUT2D eigenvalue weighted by molar-refractivity contribution is 0.0930. The van der Waals surface area contributed by atoms with Gasteiger partial charge in [0.25, 0.3) is 0 Å². The Morgan fingerprint density at radius 2 is 2.46 bits per heavy atom. The molecular formula is C12H14O. The van der Waals surface area contributed by atoms with E-state index in [-0.39, 0.29) is 5.41 Å². The van der Waals surface area contributed by atoms with Gasteiger partial charge >= 0.3 is 0 Å². The van der Waals surface area contributed by atoms with Crippen molar-refractivity contribution in [3.63, 3.8) is 0 Å². The lowest BCUT2D eigenvalue weighted by atomic mass is 9.70. The first-order valence-corrected chi connectivity index (χ1v) is 4.62. The average Bonchev–Trinajstić information content (AvgIpc) is 2.69. The third-order valence-electron chi connectivity index (χ3n) is 3.72. The fourth-order valence-electron chi connectivity index (χ4n) is 2.59. The summed E-state index contributed by atoms with van der Waals surface area (Å²) in [5.41, 5.74) is 0.819. The van der Waals surface area contributed by atoms with Crippen molar-refractivity contribution in [1.29, 1.82) is 0 Å². The molecule has 0 radical (unpaired) electrons. The molecule has 2 aliphatic rings. The van der Waals surface area contributed by atoms with Crippen LogP contribution in [0.1, 0.15) is 13.3 Å². The Labute approximate surface area is 79.2 Å². The van der Waals surface area contributed by atoms with Crippen LogP contribution in [0.4, 0.5) is 0 Å². The van der Waals surface area contributed by atoms with Crippen LogP contribution in [0, 0.1) is 29.6 Å². The Morgan fingerprint density at radius 1 is 1.77 bits per heavy atom. The molecule has 1 heteroatoms. The zero-order valence-electron chi connectivity index (χ0n) is 7.83. The highest BCUT2D eigenvalue weighted by molar-refractivity contribution is 5.36. The van der Waals surface area contributed by atoms with Crippen LogP contribution in [0.2, 0.25) is 0 Å². The monoisotopic (exact) mass is 174 g/mol. The first kappa shape index (κ1) is 8.59. The van der Waals surface area contributed by atoms with Gasteiger partial charge in [-0.05, 0) is 18.3 Å². The molecule has 2 aliphatic carbocycles. The number of fused-ring (bicyclic) bond motifs is 2. The largest absolute Gasteiger partial charge is 0.379 e. The second-order valence-corrected chi connectivity index (χ2v) is 4.21. The molecule has 2 bridgehead atoms. The number of hydrogen-bond donors (Lipinski definition) is 1. The number of aliphatic hydroxyl groups excluding tert-OH is 1. The molecule has 68 valence electrons. The number of allylic oxidation sites excluding steroid dienone is 2. The van der Waals surface area contributed by atoms with Gasteiger partial charge in [-0.25, -0.2) is 0 Å². The van der Waals surface area contributed by atoms with Gasteiger partial charge in [-0.2, -0.15) is 0 Å². The summed E-state index contributed by atoms with van der Waals surface area (Å²) >= 11 is 0. The van der Waals surface area contributed by atoms with E-state index in [1.54, 1.807) is 0 Å². The van der Waals surface area contributed by atoms with E-state index in [0.717, 1.165) is 12.0 Å². The molecule has 4 atom stereocenters. The van der Waals surface area contributed by atoms with Gasteiger partial charge in [0.1, 0.15) is 6.10 Å². The fourth-order valence-corrected chi connectivity index (χ4v) is 2.59. The molecule has 0 spiro atoms. The first-order chi connectivity index (χ1) is 6.10. The van der Waals surface area contributed by atoms with Crippen molar-refractivity contribution >= 4 is 0 Å². The zero-order chi connectivity index (χ0) is 9.64. The van der Waals surface area contributed by atoms with E-state index in [1.807, 2.05) is 6.92 Å². The number of hydrogen-bond acceptors (Lipinski definition) is 1. The van der Waals surface area contributed by atoms with Gasteiger partial charge in [-0.15, -0.1) is 6.42 Å². The summed E-state index contributed by atoms with van der Waals surface area (Å²) < 4.78 is 0. The highest BCUT2D eigenvalue weighted by atomic mass is 16.3. The van der Waals surface area contributed by atoms with Crippen LogP contribution in [0.5, 0.6) is 0 Å². The number of rotatable bonds is 1. The normalized spacial score (nSPS) is 43.6. The minimum atomic E-state index is -0.694. The smallest absolute Gasteiger partial charge is 0.124 e. The van der Waals surface area contributed by atoms with Crippen molar-refractivity contribution in [2.75, 3.05) is 0 Å². The van der Waals surface area contributed by atoms with Crippen LogP contribution in [-0.4, -0.2) is 11.2 Å². The Hall–Kier alpha value is -1.00. The summed E-state index contributed by atoms with van der Waals surface area (Å²) in [6, 6.07) is 0. The second-order valence-electron chi connectivity index (χ2n) is 4.21. The molecule has 0 heterocycles. The number of aliphatic hydroxyl groups is 1. The van der Waals surface area contributed by atoms with Crippen LogP contribution in [0.25, 0.3) is 0 Å². The summed E-state index contributed by atoms with van der Waals surface area (Å²) in [7, 11) is 0. The molecule has 1 fully saturated rings. The van der Waals surface area contributed by atoms with E-state index >= 15 is 0 Å². The molecule has 13 heavy (non-hydrogen) atoms.